The molecule has 2 saturated heterocycles. The monoisotopic (exact) mass is 419 g/mol. The number of esters is 2. The van der Waals surface area contributed by atoms with Gasteiger partial charge in [-0.2, -0.15) is 0 Å². The molecule has 2 bridgehead atoms. The third-order valence-corrected chi connectivity index (χ3v) is 7.34. The second-order valence-corrected chi connectivity index (χ2v) is 9.92. The van der Waals surface area contributed by atoms with E-state index in [4.69, 9.17) is 9.47 Å². The van der Waals surface area contributed by atoms with Crippen LogP contribution in [0.3, 0.4) is 0 Å². The minimum Gasteiger partial charge on any atom is -0.453 e. The van der Waals surface area contributed by atoms with Crippen molar-refractivity contribution >= 4 is 11.9 Å². The fourth-order valence-electron chi connectivity index (χ4n) is 5.87. The van der Waals surface area contributed by atoms with Gasteiger partial charge in [-0.05, 0) is 60.8 Å². The Hall–Kier alpha value is -2.66. The van der Waals surface area contributed by atoms with Gasteiger partial charge in [0.05, 0.1) is 23.2 Å². The van der Waals surface area contributed by atoms with Crippen molar-refractivity contribution < 1.29 is 19.1 Å². The van der Waals surface area contributed by atoms with Crippen molar-refractivity contribution in [1.82, 2.24) is 5.32 Å². The second-order valence-electron chi connectivity index (χ2n) is 9.92. The van der Waals surface area contributed by atoms with Gasteiger partial charge in [-0.3, -0.25) is 0 Å². The van der Waals surface area contributed by atoms with Crippen LogP contribution in [0.1, 0.15) is 53.8 Å². The van der Waals surface area contributed by atoms with Gasteiger partial charge in [0.1, 0.15) is 0 Å². The Morgan fingerprint density at radius 1 is 0.806 bits per heavy atom. The third-order valence-electron chi connectivity index (χ3n) is 7.34. The summed E-state index contributed by atoms with van der Waals surface area (Å²) in [5.41, 5.74) is 1.30. The van der Waals surface area contributed by atoms with Gasteiger partial charge in [-0.25, -0.2) is 9.59 Å². The SMILES string of the molecule is CC1(C)CCC2C(C1)C1NC2C(OC(=O)c2ccccc2)C1OC(=O)c1ccccc1. The first-order valence-electron chi connectivity index (χ1n) is 11.2. The van der Waals surface area contributed by atoms with Crippen LogP contribution in [0.25, 0.3) is 0 Å². The van der Waals surface area contributed by atoms with E-state index in [2.05, 4.69) is 19.2 Å². The van der Waals surface area contributed by atoms with Crippen LogP contribution in [0.2, 0.25) is 0 Å². The largest absolute Gasteiger partial charge is 0.453 e. The van der Waals surface area contributed by atoms with E-state index in [-0.39, 0.29) is 29.4 Å². The molecule has 5 heteroatoms. The third kappa shape index (κ3) is 3.76. The first-order valence-corrected chi connectivity index (χ1v) is 11.2. The van der Waals surface area contributed by atoms with E-state index in [1.807, 2.05) is 36.4 Å². The number of ether oxygens (including phenoxy) is 2. The predicted octanol–water partition coefficient (Wildman–Crippen LogP) is 4.23. The van der Waals surface area contributed by atoms with Crippen molar-refractivity contribution in [2.45, 2.75) is 57.4 Å². The summed E-state index contributed by atoms with van der Waals surface area (Å²) in [5, 5.41) is 3.67. The zero-order valence-corrected chi connectivity index (χ0v) is 18.0. The molecule has 5 nitrogen and oxygen atoms in total. The molecular formula is C26H29NO4. The summed E-state index contributed by atoms with van der Waals surface area (Å²) in [5.74, 6) is 0.132. The summed E-state index contributed by atoms with van der Waals surface area (Å²) in [7, 11) is 0. The van der Waals surface area contributed by atoms with E-state index in [9.17, 15) is 9.59 Å². The van der Waals surface area contributed by atoms with E-state index in [1.165, 1.54) is 0 Å². The molecule has 1 saturated carbocycles. The Morgan fingerprint density at radius 3 is 1.81 bits per heavy atom. The summed E-state index contributed by atoms with van der Waals surface area (Å²) in [6.45, 7) is 4.63. The summed E-state index contributed by atoms with van der Waals surface area (Å²) in [6.07, 6.45) is 2.38. The molecule has 31 heavy (non-hydrogen) atoms. The van der Waals surface area contributed by atoms with Crippen molar-refractivity contribution in [3.05, 3.63) is 71.8 Å². The predicted molar refractivity (Wildman–Crippen MR) is 117 cm³/mol. The highest BCUT2D eigenvalue weighted by Crippen LogP contribution is 2.53. The Bertz CT molecular complexity index is 958. The fraction of sp³-hybridized carbons (Fsp3) is 0.462. The second kappa shape index (κ2) is 7.79. The van der Waals surface area contributed by atoms with Gasteiger partial charge in [-0.15, -0.1) is 0 Å². The maximum Gasteiger partial charge on any atom is 0.338 e. The molecule has 3 fully saturated rings. The average molecular weight is 420 g/mol. The van der Waals surface area contributed by atoms with E-state index < -0.39 is 12.2 Å². The van der Waals surface area contributed by atoms with Crippen molar-refractivity contribution in [3.63, 3.8) is 0 Å². The van der Waals surface area contributed by atoms with Gasteiger partial charge < -0.3 is 14.8 Å². The molecule has 0 radical (unpaired) electrons. The van der Waals surface area contributed by atoms with E-state index in [1.54, 1.807) is 24.3 Å². The summed E-state index contributed by atoms with van der Waals surface area (Å²) in [6, 6.07) is 18.1. The van der Waals surface area contributed by atoms with Crippen molar-refractivity contribution in [1.29, 1.82) is 0 Å². The molecule has 2 heterocycles. The summed E-state index contributed by atoms with van der Waals surface area (Å²) >= 11 is 0. The maximum absolute atomic E-state index is 12.9. The van der Waals surface area contributed by atoms with E-state index >= 15 is 0 Å². The standard InChI is InChI=1S/C26H29NO4/c1-26(2)14-13-18-19(15-26)21-23(31-25(29)17-11-7-4-8-12-17)22(20(18)27-21)30-24(28)16-9-5-3-6-10-16/h3-12,18-23,27H,13-15H2,1-2H3. The molecular weight excluding hydrogens is 390 g/mol. The highest BCUT2D eigenvalue weighted by atomic mass is 16.6. The number of benzene rings is 2. The molecule has 162 valence electrons. The number of carbonyl (C=O) groups excluding carboxylic acids is 2. The van der Waals surface area contributed by atoms with Crippen LogP contribution in [0, 0.1) is 17.3 Å². The van der Waals surface area contributed by atoms with Crippen molar-refractivity contribution in [3.8, 4) is 0 Å². The summed E-state index contributed by atoms with van der Waals surface area (Å²) in [4.78, 5) is 25.7. The lowest BCUT2D eigenvalue weighted by Crippen LogP contribution is -2.53. The number of hydrogen-bond acceptors (Lipinski definition) is 5. The van der Waals surface area contributed by atoms with Gasteiger partial charge in [0, 0.05) is 0 Å². The topological polar surface area (TPSA) is 64.6 Å². The molecule has 1 aliphatic carbocycles. The number of hydrogen-bond donors (Lipinski definition) is 1. The zero-order valence-electron chi connectivity index (χ0n) is 18.0. The van der Waals surface area contributed by atoms with Crippen molar-refractivity contribution in [2.24, 2.45) is 17.3 Å². The van der Waals surface area contributed by atoms with Gasteiger partial charge >= 0.3 is 11.9 Å². The molecule has 5 rings (SSSR count). The van der Waals surface area contributed by atoms with E-state index in [0.717, 1.165) is 19.3 Å². The Labute approximate surface area is 183 Å². The van der Waals surface area contributed by atoms with Crippen LogP contribution >= 0.6 is 0 Å². The number of carbonyl (C=O) groups is 2. The van der Waals surface area contributed by atoms with Crippen LogP contribution in [-0.4, -0.2) is 36.2 Å². The molecule has 0 amide bonds. The lowest BCUT2D eigenvalue weighted by molar-refractivity contribution is -0.0695. The highest BCUT2D eigenvalue weighted by molar-refractivity contribution is 5.90. The van der Waals surface area contributed by atoms with Gasteiger partial charge in [0.15, 0.2) is 12.2 Å². The number of rotatable bonds is 4. The van der Waals surface area contributed by atoms with Crippen LogP contribution < -0.4 is 5.32 Å². The molecule has 6 unspecified atom stereocenters. The molecule has 0 aromatic heterocycles. The summed E-state index contributed by atoms with van der Waals surface area (Å²) < 4.78 is 12.0. The van der Waals surface area contributed by atoms with Crippen molar-refractivity contribution in [2.75, 3.05) is 0 Å². The lowest BCUT2D eigenvalue weighted by Gasteiger charge is -2.45. The highest BCUT2D eigenvalue weighted by Gasteiger charge is 2.62. The quantitative estimate of drug-likeness (QED) is 0.751. The van der Waals surface area contributed by atoms with Gasteiger partial charge in [0.25, 0.3) is 0 Å². The molecule has 3 aliphatic rings. The number of nitrogens with one attached hydrogen (secondary N) is 1. The van der Waals surface area contributed by atoms with Gasteiger partial charge in [0.2, 0.25) is 0 Å². The molecule has 0 spiro atoms. The van der Waals surface area contributed by atoms with Crippen LogP contribution in [0.4, 0.5) is 0 Å². The fourth-order valence-corrected chi connectivity index (χ4v) is 5.87. The molecule has 1 N–H and O–H groups in total. The van der Waals surface area contributed by atoms with Crippen LogP contribution in [-0.2, 0) is 9.47 Å². The lowest BCUT2D eigenvalue weighted by atomic mass is 9.61. The Kier molecular flexibility index (Phi) is 5.09. The minimum absolute atomic E-state index is 0.0100. The maximum atomic E-state index is 12.9. The normalized spacial score (nSPS) is 32.8. The smallest absolute Gasteiger partial charge is 0.338 e. The molecule has 2 aliphatic heterocycles. The van der Waals surface area contributed by atoms with Crippen LogP contribution in [0.5, 0.6) is 0 Å². The van der Waals surface area contributed by atoms with E-state index in [0.29, 0.717) is 23.0 Å². The van der Waals surface area contributed by atoms with Gasteiger partial charge in [-0.1, -0.05) is 50.2 Å². The number of fused-ring (bicyclic) bond motifs is 5. The molecule has 2 aromatic carbocycles. The average Bonchev–Trinajstić information content (AvgIpc) is 3.30. The Balaban J connectivity index is 1.40. The van der Waals surface area contributed by atoms with Crippen LogP contribution in [0.15, 0.2) is 60.7 Å². The Morgan fingerprint density at radius 2 is 1.29 bits per heavy atom. The first kappa shape index (κ1) is 20.3. The zero-order chi connectivity index (χ0) is 21.6. The molecule has 2 aromatic rings. The first-order chi connectivity index (χ1) is 14.9. The molecule has 6 atom stereocenters. The minimum atomic E-state index is -0.486.